The summed E-state index contributed by atoms with van der Waals surface area (Å²) in [6, 6.07) is 9.80. The largest absolute Gasteiger partial charge is 0.338 e. The van der Waals surface area contributed by atoms with Crippen LogP contribution in [0.3, 0.4) is 0 Å². The van der Waals surface area contributed by atoms with E-state index in [1.165, 1.54) is 6.07 Å². The van der Waals surface area contributed by atoms with Crippen molar-refractivity contribution in [3.8, 4) is 0 Å². The first-order valence-corrected chi connectivity index (χ1v) is 6.36. The molecule has 2 aromatic rings. The molecule has 20 heavy (non-hydrogen) atoms. The number of rotatable bonds is 4. The molecule has 0 aliphatic carbocycles. The summed E-state index contributed by atoms with van der Waals surface area (Å²) in [4.78, 5) is 15.7. The zero-order chi connectivity index (χ0) is 14.4. The second kappa shape index (κ2) is 6.65. The summed E-state index contributed by atoms with van der Waals surface area (Å²) in [5.41, 5.74) is 2.10. The highest BCUT2D eigenvalue weighted by Gasteiger charge is 2.03. The number of benzene rings is 1. The van der Waals surface area contributed by atoms with Gasteiger partial charge in [0.15, 0.2) is 0 Å². The summed E-state index contributed by atoms with van der Waals surface area (Å²) in [6.07, 6.45) is 2.04. The summed E-state index contributed by atoms with van der Waals surface area (Å²) >= 11 is 0. The molecule has 4 nitrogen and oxygen atoms in total. The fourth-order valence-electron chi connectivity index (χ4n) is 1.73. The Morgan fingerprint density at radius 2 is 2.05 bits per heavy atom. The number of carbonyl (C=O) groups is 1. The van der Waals surface area contributed by atoms with Gasteiger partial charge >= 0.3 is 6.03 Å². The van der Waals surface area contributed by atoms with Crippen LogP contribution in [0, 0.1) is 12.7 Å². The van der Waals surface area contributed by atoms with Crippen molar-refractivity contribution < 1.29 is 9.18 Å². The van der Waals surface area contributed by atoms with E-state index in [2.05, 4.69) is 15.6 Å². The molecule has 1 heterocycles. The zero-order valence-corrected chi connectivity index (χ0v) is 11.2. The summed E-state index contributed by atoms with van der Waals surface area (Å²) < 4.78 is 13.4. The highest BCUT2D eigenvalue weighted by Crippen LogP contribution is 2.07. The quantitative estimate of drug-likeness (QED) is 0.900. The van der Waals surface area contributed by atoms with Crippen molar-refractivity contribution in [3.63, 3.8) is 0 Å². The van der Waals surface area contributed by atoms with Gasteiger partial charge in [-0.2, -0.15) is 0 Å². The number of halogens is 1. The van der Waals surface area contributed by atoms with Crippen LogP contribution in [0.4, 0.5) is 14.9 Å². The monoisotopic (exact) mass is 273 g/mol. The van der Waals surface area contributed by atoms with Crippen LogP contribution in [0.25, 0.3) is 0 Å². The van der Waals surface area contributed by atoms with E-state index in [1.54, 1.807) is 30.5 Å². The van der Waals surface area contributed by atoms with Crippen molar-refractivity contribution in [2.45, 2.75) is 13.3 Å². The van der Waals surface area contributed by atoms with Gasteiger partial charge in [-0.3, -0.25) is 4.98 Å². The first-order chi connectivity index (χ1) is 9.65. The van der Waals surface area contributed by atoms with Crippen LogP contribution in [0.2, 0.25) is 0 Å². The van der Waals surface area contributed by atoms with Crippen molar-refractivity contribution in [1.29, 1.82) is 0 Å². The Bertz CT molecular complexity index is 584. The third-order valence-electron chi connectivity index (χ3n) is 2.81. The second-order valence-corrected chi connectivity index (χ2v) is 4.41. The second-order valence-electron chi connectivity index (χ2n) is 4.41. The minimum atomic E-state index is -0.327. The van der Waals surface area contributed by atoms with Gasteiger partial charge in [-0.05, 0) is 37.1 Å². The van der Waals surface area contributed by atoms with Crippen molar-refractivity contribution in [3.05, 3.63) is 59.7 Å². The smallest absolute Gasteiger partial charge is 0.319 e. The first kappa shape index (κ1) is 14.0. The molecule has 0 aliphatic rings. The topological polar surface area (TPSA) is 54.0 Å². The third kappa shape index (κ3) is 4.05. The SMILES string of the molecule is Cc1ccc(NC(=O)NCCc2ccccc2F)cn1. The van der Waals surface area contributed by atoms with Crippen LogP contribution in [-0.2, 0) is 6.42 Å². The Kier molecular flexibility index (Phi) is 4.65. The molecule has 2 rings (SSSR count). The molecule has 1 aromatic carbocycles. The van der Waals surface area contributed by atoms with Crippen LogP contribution in [0.15, 0.2) is 42.6 Å². The summed E-state index contributed by atoms with van der Waals surface area (Å²) in [5, 5.41) is 5.34. The Balaban J connectivity index is 1.78. The number of nitrogens with zero attached hydrogens (tertiary/aromatic N) is 1. The highest BCUT2D eigenvalue weighted by atomic mass is 19.1. The Morgan fingerprint density at radius 1 is 1.25 bits per heavy atom. The number of nitrogens with one attached hydrogen (secondary N) is 2. The van der Waals surface area contributed by atoms with Gasteiger partial charge in [-0.25, -0.2) is 9.18 Å². The molecule has 2 N–H and O–H groups in total. The number of anilines is 1. The zero-order valence-electron chi connectivity index (χ0n) is 11.2. The van der Waals surface area contributed by atoms with Crippen LogP contribution >= 0.6 is 0 Å². The maximum atomic E-state index is 13.4. The lowest BCUT2D eigenvalue weighted by Crippen LogP contribution is -2.30. The Morgan fingerprint density at radius 3 is 2.75 bits per heavy atom. The van der Waals surface area contributed by atoms with Gasteiger partial charge in [0.25, 0.3) is 0 Å². The van der Waals surface area contributed by atoms with Gasteiger partial charge in [-0.1, -0.05) is 18.2 Å². The standard InChI is InChI=1S/C15H16FN3O/c1-11-6-7-13(10-18-11)19-15(20)17-9-8-12-4-2-3-5-14(12)16/h2-7,10H,8-9H2,1H3,(H2,17,19,20). The molecule has 1 aromatic heterocycles. The molecule has 0 atom stereocenters. The summed E-state index contributed by atoms with van der Waals surface area (Å²) in [7, 11) is 0. The van der Waals surface area contributed by atoms with Crippen molar-refractivity contribution in [2.24, 2.45) is 0 Å². The van der Waals surface area contributed by atoms with Crippen LogP contribution in [-0.4, -0.2) is 17.6 Å². The van der Waals surface area contributed by atoms with Gasteiger partial charge < -0.3 is 10.6 Å². The predicted molar refractivity (Wildman–Crippen MR) is 76.1 cm³/mol. The van der Waals surface area contributed by atoms with Gasteiger partial charge in [0, 0.05) is 12.2 Å². The van der Waals surface area contributed by atoms with E-state index in [0.29, 0.717) is 24.2 Å². The number of urea groups is 1. The first-order valence-electron chi connectivity index (χ1n) is 6.36. The highest BCUT2D eigenvalue weighted by molar-refractivity contribution is 5.88. The molecule has 5 heteroatoms. The van der Waals surface area contributed by atoms with Crippen molar-refractivity contribution in [1.82, 2.24) is 10.3 Å². The Hall–Kier alpha value is -2.43. The average Bonchev–Trinajstić information content (AvgIpc) is 2.43. The fourth-order valence-corrected chi connectivity index (χ4v) is 1.73. The van der Waals surface area contributed by atoms with Crippen LogP contribution in [0.1, 0.15) is 11.3 Å². The molecule has 2 amide bonds. The van der Waals surface area contributed by atoms with E-state index >= 15 is 0 Å². The third-order valence-corrected chi connectivity index (χ3v) is 2.81. The lowest BCUT2D eigenvalue weighted by Gasteiger charge is -2.08. The molecular formula is C15H16FN3O. The van der Waals surface area contributed by atoms with Gasteiger partial charge in [0.05, 0.1) is 11.9 Å². The van der Waals surface area contributed by atoms with Crippen molar-refractivity contribution in [2.75, 3.05) is 11.9 Å². The maximum absolute atomic E-state index is 13.4. The normalized spacial score (nSPS) is 10.1. The molecule has 0 saturated heterocycles. The number of hydrogen-bond acceptors (Lipinski definition) is 2. The molecule has 104 valence electrons. The van der Waals surface area contributed by atoms with E-state index in [9.17, 15) is 9.18 Å². The maximum Gasteiger partial charge on any atom is 0.319 e. The molecule has 0 saturated carbocycles. The van der Waals surface area contributed by atoms with Gasteiger partial charge in [-0.15, -0.1) is 0 Å². The van der Waals surface area contributed by atoms with E-state index in [1.807, 2.05) is 13.0 Å². The average molecular weight is 273 g/mol. The number of carbonyl (C=O) groups excluding carboxylic acids is 1. The minimum absolute atomic E-state index is 0.252. The lowest BCUT2D eigenvalue weighted by atomic mass is 10.1. The van der Waals surface area contributed by atoms with E-state index in [-0.39, 0.29) is 11.8 Å². The molecule has 0 bridgehead atoms. The fraction of sp³-hybridized carbons (Fsp3) is 0.200. The molecule has 0 radical (unpaired) electrons. The molecular weight excluding hydrogens is 257 g/mol. The summed E-state index contributed by atoms with van der Waals surface area (Å²) in [6.45, 7) is 2.24. The van der Waals surface area contributed by atoms with E-state index in [4.69, 9.17) is 0 Å². The molecule has 0 unspecified atom stereocenters. The number of aryl methyl sites for hydroxylation is 1. The lowest BCUT2D eigenvalue weighted by molar-refractivity contribution is 0.252. The van der Waals surface area contributed by atoms with Gasteiger partial charge in [0.1, 0.15) is 5.82 Å². The summed E-state index contributed by atoms with van der Waals surface area (Å²) in [5.74, 6) is -0.252. The Labute approximate surface area is 117 Å². The number of hydrogen-bond donors (Lipinski definition) is 2. The van der Waals surface area contributed by atoms with E-state index in [0.717, 1.165) is 5.69 Å². The van der Waals surface area contributed by atoms with Gasteiger partial charge in [0.2, 0.25) is 0 Å². The van der Waals surface area contributed by atoms with Crippen LogP contribution in [0.5, 0.6) is 0 Å². The molecule has 0 aliphatic heterocycles. The molecule has 0 spiro atoms. The van der Waals surface area contributed by atoms with Crippen molar-refractivity contribution >= 4 is 11.7 Å². The number of aromatic nitrogens is 1. The number of amides is 2. The number of pyridine rings is 1. The van der Waals surface area contributed by atoms with E-state index < -0.39 is 0 Å². The minimum Gasteiger partial charge on any atom is -0.338 e. The molecule has 0 fully saturated rings. The van der Waals surface area contributed by atoms with Crippen LogP contribution < -0.4 is 10.6 Å². The predicted octanol–water partition coefficient (Wildman–Crippen LogP) is 2.89.